The zero-order valence-corrected chi connectivity index (χ0v) is 9.09. The number of fused-ring (bicyclic) bond motifs is 1. The molecule has 1 saturated carbocycles. The van der Waals surface area contributed by atoms with Crippen molar-refractivity contribution in [3.8, 4) is 0 Å². The summed E-state index contributed by atoms with van der Waals surface area (Å²) in [7, 11) is 1.65. The van der Waals surface area contributed by atoms with E-state index in [1.165, 1.54) is 0 Å². The minimum absolute atomic E-state index is 0.0868. The maximum atomic E-state index is 11.9. The van der Waals surface area contributed by atoms with E-state index in [9.17, 15) is 4.79 Å². The molecule has 1 aliphatic heterocycles. The van der Waals surface area contributed by atoms with Crippen LogP contribution in [0.5, 0.6) is 0 Å². The molecule has 0 aromatic carbocycles. The molecule has 2 fully saturated rings. The number of hydrogen-bond donors (Lipinski definition) is 0. The summed E-state index contributed by atoms with van der Waals surface area (Å²) < 4.78 is 10.8. The van der Waals surface area contributed by atoms with E-state index in [1.54, 1.807) is 7.11 Å². The molecule has 0 spiro atoms. The molecular weight excluding hydrogens is 180 g/mol. The third-order valence-corrected chi connectivity index (χ3v) is 3.12. The average Bonchev–Trinajstić information content (AvgIpc) is 2.76. The molecule has 0 aromatic rings. The summed E-state index contributed by atoms with van der Waals surface area (Å²) in [5, 5.41) is 0. The van der Waals surface area contributed by atoms with Gasteiger partial charge in [-0.05, 0) is 20.8 Å². The summed E-state index contributed by atoms with van der Waals surface area (Å²) in [6, 6.07) is 0. The molecule has 0 aromatic heterocycles. The summed E-state index contributed by atoms with van der Waals surface area (Å²) in [4.78, 5) is 11.9. The topological polar surface area (TPSA) is 38.8 Å². The first-order valence-corrected chi connectivity index (χ1v) is 4.92. The van der Waals surface area contributed by atoms with Gasteiger partial charge in [0.25, 0.3) is 0 Å². The lowest BCUT2D eigenvalue weighted by molar-refractivity contribution is -0.118. The fourth-order valence-corrected chi connectivity index (χ4v) is 2.26. The molecule has 2 aliphatic rings. The van der Waals surface area contributed by atoms with E-state index in [0.29, 0.717) is 0 Å². The Morgan fingerprint density at radius 1 is 1.57 bits per heavy atom. The first-order chi connectivity index (χ1) is 6.49. The van der Waals surface area contributed by atoms with Crippen molar-refractivity contribution >= 4 is 5.78 Å². The molecule has 0 bridgehead atoms. The van der Waals surface area contributed by atoms with Crippen molar-refractivity contribution in [2.45, 2.75) is 45.0 Å². The maximum Gasteiger partial charge on any atom is 0.193 e. The van der Waals surface area contributed by atoms with Crippen LogP contribution in [0, 0.1) is 0 Å². The maximum absolute atomic E-state index is 11.9. The fourth-order valence-electron chi connectivity index (χ4n) is 2.26. The van der Waals surface area contributed by atoms with Crippen LogP contribution >= 0.6 is 0 Å². The molecule has 3 atom stereocenters. The SMILES string of the molecule is COC1CC2(C)OC2C(=O)C1=C(C)C. The molecule has 0 N–H and O–H groups in total. The van der Waals surface area contributed by atoms with Gasteiger partial charge in [0.2, 0.25) is 0 Å². The van der Waals surface area contributed by atoms with Crippen molar-refractivity contribution < 1.29 is 14.3 Å². The number of methoxy groups -OCH3 is 1. The lowest BCUT2D eigenvalue weighted by Gasteiger charge is -2.25. The van der Waals surface area contributed by atoms with E-state index < -0.39 is 0 Å². The quantitative estimate of drug-likeness (QED) is 0.471. The van der Waals surface area contributed by atoms with E-state index >= 15 is 0 Å². The number of ketones is 1. The summed E-state index contributed by atoms with van der Waals surface area (Å²) in [5.41, 5.74) is 1.60. The van der Waals surface area contributed by atoms with Crippen LogP contribution < -0.4 is 0 Å². The average molecular weight is 196 g/mol. The highest BCUT2D eigenvalue weighted by molar-refractivity contribution is 6.04. The molecule has 2 rings (SSSR count). The lowest BCUT2D eigenvalue weighted by atomic mass is 9.82. The van der Waals surface area contributed by atoms with Crippen molar-refractivity contribution in [2.24, 2.45) is 0 Å². The third-order valence-electron chi connectivity index (χ3n) is 3.12. The zero-order valence-electron chi connectivity index (χ0n) is 9.09. The van der Waals surface area contributed by atoms with Gasteiger partial charge in [0.15, 0.2) is 5.78 Å². The van der Waals surface area contributed by atoms with Gasteiger partial charge >= 0.3 is 0 Å². The van der Waals surface area contributed by atoms with Gasteiger partial charge in [0.1, 0.15) is 11.7 Å². The number of epoxide rings is 1. The molecular formula is C11H16O3. The number of carbonyl (C=O) groups excluding carboxylic acids is 1. The largest absolute Gasteiger partial charge is 0.377 e. The number of allylic oxidation sites excluding steroid dienone is 1. The van der Waals surface area contributed by atoms with E-state index in [0.717, 1.165) is 17.6 Å². The van der Waals surface area contributed by atoms with Gasteiger partial charge in [-0.25, -0.2) is 0 Å². The molecule has 3 nitrogen and oxygen atoms in total. The summed E-state index contributed by atoms with van der Waals surface area (Å²) >= 11 is 0. The van der Waals surface area contributed by atoms with Gasteiger partial charge in [-0.3, -0.25) is 4.79 Å². The van der Waals surface area contributed by atoms with Crippen molar-refractivity contribution in [2.75, 3.05) is 7.11 Å². The van der Waals surface area contributed by atoms with Gasteiger partial charge in [0, 0.05) is 19.1 Å². The summed E-state index contributed by atoms with van der Waals surface area (Å²) in [6.45, 7) is 5.87. The van der Waals surface area contributed by atoms with Crippen LogP contribution in [0.25, 0.3) is 0 Å². The highest BCUT2D eigenvalue weighted by Crippen LogP contribution is 2.48. The van der Waals surface area contributed by atoms with E-state index in [2.05, 4.69) is 0 Å². The van der Waals surface area contributed by atoms with E-state index in [-0.39, 0.29) is 23.6 Å². The highest BCUT2D eigenvalue weighted by Gasteiger charge is 2.62. The summed E-state index contributed by atoms with van der Waals surface area (Å²) in [6.07, 6.45) is 0.496. The van der Waals surface area contributed by atoms with Gasteiger partial charge in [-0.1, -0.05) is 5.57 Å². The van der Waals surface area contributed by atoms with Crippen LogP contribution in [-0.2, 0) is 14.3 Å². The Labute approximate surface area is 84.1 Å². The van der Waals surface area contributed by atoms with Gasteiger partial charge < -0.3 is 9.47 Å². The van der Waals surface area contributed by atoms with Crippen molar-refractivity contribution in [3.05, 3.63) is 11.1 Å². The van der Waals surface area contributed by atoms with Crippen LogP contribution in [0.2, 0.25) is 0 Å². The van der Waals surface area contributed by atoms with Crippen molar-refractivity contribution in [1.82, 2.24) is 0 Å². The lowest BCUT2D eigenvalue weighted by Crippen LogP contribution is -2.37. The van der Waals surface area contributed by atoms with Crippen molar-refractivity contribution in [1.29, 1.82) is 0 Å². The molecule has 1 saturated heterocycles. The van der Waals surface area contributed by atoms with Crippen LogP contribution in [0.3, 0.4) is 0 Å². The minimum atomic E-state index is -0.253. The molecule has 1 aliphatic carbocycles. The first-order valence-electron chi connectivity index (χ1n) is 4.92. The molecule has 0 radical (unpaired) electrons. The normalized spacial score (nSPS) is 40.9. The van der Waals surface area contributed by atoms with Crippen molar-refractivity contribution in [3.63, 3.8) is 0 Å². The predicted octanol–water partition coefficient (Wildman–Crippen LogP) is 1.47. The molecule has 0 amide bonds. The highest BCUT2D eigenvalue weighted by atomic mass is 16.6. The van der Waals surface area contributed by atoms with Gasteiger partial charge in [0.05, 0.1) is 6.10 Å². The molecule has 14 heavy (non-hydrogen) atoms. The third kappa shape index (κ3) is 1.23. The number of ether oxygens (including phenoxy) is 2. The number of carbonyl (C=O) groups is 1. The summed E-state index contributed by atoms with van der Waals surface area (Å²) in [5.74, 6) is 0.116. The Kier molecular flexibility index (Phi) is 2.05. The molecule has 3 unspecified atom stereocenters. The molecule has 1 heterocycles. The fraction of sp³-hybridized carbons (Fsp3) is 0.727. The van der Waals surface area contributed by atoms with Crippen LogP contribution in [0.4, 0.5) is 0 Å². The number of hydrogen-bond acceptors (Lipinski definition) is 3. The second-order valence-corrected chi connectivity index (χ2v) is 4.52. The van der Waals surface area contributed by atoms with Crippen LogP contribution in [0.15, 0.2) is 11.1 Å². The van der Waals surface area contributed by atoms with Crippen LogP contribution in [-0.4, -0.2) is 30.7 Å². The standard InChI is InChI=1S/C11H16O3/c1-6(2)8-7(13-4)5-11(3)10(14-11)9(8)12/h7,10H,5H2,1-4H3. The van der Waals surface area contributed by atoms with Crippen LogP contribution in [0.1, 0.15) is 27.2 Å². The molecule has 3 heteroatoms. The monoisotopic (exact) mass is 196 g/mol. The van der Waals surface area contributed by atoms with Gasteiger partial charge in [-0.15, -0.1) is 0 Å². The van der Waals surface area contributed by atoms with E-state index in [4.69, 9.17) is 9.47 Å². The Bertz CT molecular complexity index is 314. The Balaban J connectivity index is 2.34. The smallest absolute Gasteiger partial charge is 0.193 e. The molecule has 78 valence electrons. The Morgan fingerprint density at radius 2 is 2.21 bits per heavy atom. The predicted molar refractivity (Wildman–Crippen MR) is 52.1 cm³/mol. The first kappa shape index (κ1) is 9.87. The van der Waals surface area contributed by atoms with Gasteiger partial charge in [-0.2, -0.15) is 0 Å². The minimum Gasteiger partial charge on any atom is -0.377 e. The Morgan fingerprint density at radius 3 is 2.71 bits per heavy atom. The zero-order chi connectivity index (χ0) is 10.5. The van der Waals surface area contributed by atoms with E-state index in [1.807, 2.05) is 20.8 Å². The second kappa shape index (κ2) is 2.91. The Hall–Kier alpha value is -0.670. The number of rotatable bonds is 1. The second-order valence-electron chi connectivity index (χ2n) is 4.52. The number of Topliss-reactive ketones (excluding diaryl/α,β-unsaturated/α-hetero) is 1.